The lowest BCUT2D eigenvalue weighted by Gasteiger charge is -2.23. The molecule has 1 saturated heterocycles. The van der Waals surface area contributed by atoms with Crippen molar-refractivity contribution in [3.63, 3.8) is 0 Å². The second kappa shape index (κ2) is 10.6. The van der Waals surface area contributed by atoms with Crippen molar-refractivity contribution in [2.75, 3.05) is 6.61 Å². The first-order chi connectivity index (χ1) is 13.0. The summed E-state index contributed by atoms with van der Waals surface area (Å²) < 4.78 is 10.2. The van der Waals surface area contributed by atoms with Gasteiger partial charge in [-0.3, -0.25) is 9.59 Å². The molecule has 1 aliphatic rings. The smallest absolute Gasteiger partial charge is 0.408 e. The number of imide groups is 1. The molecule has 158 valence electrons. The van der Waals surface area contributed by atoms with Gasteiger partial charge in [-0.2, -0.15) is 0 Å². The lowest BCUT2D eigenvalue weighted by molar-refractivity contribution is -0.197. The fourth-order valence-corrected chi connectivity index (χ4v) is 2.18. The standard InChI is InChI=1S/C18H28N2O8/c1-5-6-11-26-16(24)12(19-17(25)27-18(2,3)4)7-10-15(23)28-20-13(21)8-9-14(20)22/h12H,5-11H2,1-4H3,(H,19,25). The number of alkyl carbamates (subject to hydrolysis) is 1. The van der Waals surface area contributed by atoms with Crippen molar-refractivity contribution in [2.45, 2.75) is 77.9 Å². The molecule has 0 radical (unpaired) electrons. The van der Waals surface area contributed by atoms with Crippen molar-refractivity contribution < 1.29 is 38.3 Å². The normalized spacial score (nSPS) is 15.2. The van der Waals surface area contributed by atoms with Gasteiger partial charge in [0.1, 0.15) is 11.6 Å². The zero-order valence-electron chi connectivity index (χ0n) is 16.7. The third-order valence-electron chi connectivity index (χ3n) is 3.55. The molecular weight excluding hydrogens is 372 g/mol. The van der Waals surface area contributed by atoms with Crippen LogP contribution in [0.25, 0.3) is 0 Å². The van der Waals surface area contributed by atoms with Gasteiger partial charge in [0.25, 0.3) is 11.8 Å². The van der Waals surface area contributed by atoms with Gasteiger partial charge in [-0.25, -0.2) is 14.4 Å². The van der Waals surface area contributed by atoms with Crippen LogP contribution in [0.5, 0.6) is 0 Å². The third kappa shape index (κ3) is 8.36. The Morgan fingerprint density at radius 1 is 1.14 bits per heavy atom. The second-order valence-corrected chi connectivity index (χ2v) is 7.30. The van der Waals surface area contributed by atoms with Crippen LogP contribution in [0.1, 0.15) is 66.2 Å². The van der Waals surface area contributed by atoms with Crippen LogP contribution in [-0.4, -0.2) is 53.2 Å². The zero-order chi connectivity index (χ0) is 21.3. The predicted octanol–water partition coefficient (Wildman–Crippen LogP) is 1.61. The molecule has 1 unspecified atom stereocenters. The van der Waals surface area contributed by atoms with Crippen molar-refractivity contribution in [1.29, 1.82) is 0 Å². The molecule has 0 aliphatic carbocycles. The molecule has 1 heterocycles. The molecule has 1 atom stereocenters. The van der Waals surface area contributed by atoms with E-state index in [0.717, 1.165) is 6.42 Å². The van der Waals surface area contributed by atoms with Gasteiger partial charge in [0, 0.05) is 12.8 Å². The molecule has 0 saturated carbocycles. The summed E-state index contributed by atoms with van der Waals surface area (Å²) in [5.41, 5.74) is -0.768. The van der Waals surface area contributed by atoms with E-state index in [2.05, 4.69) is 5.32 Å². The Morgan fingerprint density at radius 3 is 2.29 bits per heavy atom. The number of rotatable bonds is 9. The van der Waals surface area contributed by atoms with E-state index in [-0.39, 0.29) is 32.3 Å². The first-order valence-electron chi connectivity index (χ1n) is 9.26. The molecule has 0 aromatic rings. The number of carbonyl (C=O) groups excluding carboxylic acids is 5. The molecule has 1 rings (SSSR count). The summed E-state index contributed by atoms with van der Waals surface area (Å²) in [6, 6.07) is -1.13. The number of amides is 3. The SMILES string of the molecule is CCCCOC(=O)C(CCC(=O)ON1C(=O)CCC1=O)NC(=O)OC(C)(C)C. The molecule has 0 spiro atoms. The maximum absolute atomic E-state index is 12.2. The number of nitrogens with one attached hydrogen (secondary N) is 1. The first kappa shape index (κ1) is 23.4. The number of nitrogens with zero attached hydrogens (tertiary/aromatic N) is 1. The minimum Gasteiger partial charge on any atom is -0.464 e. The number of unbranched alkanes of at least 4 members (excludes halogenated alkanes) is 1. The second-order valence-electron chi connectivity index (χ2n) is 7.30. The van der Waals surface area contributed by atoms with Gasteiger partial charge in [-0.05, 0) is 33.6 Å². The van der Waals surface area contributed by atoms with E-state index >= 15 is 0 Å². The number of hydrogen-bond acceptors (Lipinski definition) is 8. The Labute approximate surface area is 163 Å². The molecule has 3 amide bonds. The topological polar surface area (TPSA) is 128 Å². The molecule has 0 aromatic carbocycles. The number of esters is 1. The maximum atomic E-state index is 12.2. The molecule has 0 bridgehead atoms. The molecule has 0 aromatic heterocycles. The lowest BCUT2D eigenvalue weighted by Crippen LogP contribution is -2.44. The van der Waals surface area contributed by atoms with E-state index in [0.29, 0.717) is 11.5 Å². The lowest BCUT2D eigenvalue weighted by atomic mass is 10.1. The Bertz CT molecular complexity index is 595. The zero-order valence-corrected chi connectivity index (χ0v) is 16.7. The maximum Gasteiger partial charge on any atom is 0.408 e. The highest BCUT2D eigenvalue weighted by Crippen LogP contribution is 2.14. The first-order valence-corrected chi connectivity index (χ1v) is 9.26. The van der Waals surface area contributed by atoms with E-state index < -0.39 is 41.5 Å². The summed E-state index contributed by atoms with van der Waals surface area (Å²) in [5.74, 6) is -2.78. The van der Waals surface area contributed by atoms with Gasteiger partial charge in [-0.15, -0.1) is 5.06 Å². The summed E-state index contributed by atoms with van der Waals surface area (Å²) in [6.07, 6.45) is 0.161. The third-order valence-corrected chi connectivity index (χ3v) is 3.55. The Balaban J connectivity index is 2.63. The van der Waals surface area contributed by atoms with E-state index in [1.807, 2.05) is 6.92 Å². The highest BCUT2D eigenvalue weighted by molar-refractivity contribution is 6.01. The molecule has 1 aliphatic heterocycles. The van der Waals surface area contributed by atoms with Crippen molar-refractivity contribution in [1.82, 2.24) is 10.4 Å². The van der Waals surface area contributed by atoms with Crippen molar-refractivity contribution in [2.24, 2.45) is 0 Å². The summed E-state index contributed by atoms with van der Waals surface area (Å²) in [5, 5.41) is 2.80. The van der Waals surface area contributed by atoms with E-state index in [1.165, 1.54) is 0 Å². The molecule has 1 N–H and O–H groups in total. The van der Waals surface area contributed by atoms with Crippen LogP contribution < -0.4 is 5.32 Å². The van der Waals surface area contributed by atoms with Crippen LogP contribution in [0.2, 0.25) is 0 Å². The highest BCUT2D eigenvalue weighted by atomic mass is 16.7. The van der Waals surface area contributed by atoms with Crippen LogP contribution in [0.15, 0.2) is 0 Å². The van der Waals surface area contributed by atoms with Gasteiger partial charge < -0.3 is 19.6 Å². The average molecular weight is 400 g/mol. The minimum atomic E-state index is -1.13. The van der Waals surface area contributed by atoms with Gasteiger partial charge >= 0.3 is 18.0 Å². The summed E-state index contributed by atoms with van der Waals surface area (Å²) >= 11 is 0. The van der Waals surface area contributed by atoms with Crippen LogP contribution >= 0.6 is 0 Å². The number of hydrogen-bond donors (Lipinski definition) is 1. The summed E-state index contributed by atoms with van der Waals surface area (Å²) in [6.45, 7) is 7.12. The molecule has 1 fully saturated rings. The highest BCUT2D eigenvalue weighted by Gasteiger charge is 2.33. The Morgan fingerprint density at radius 2 is 1.75 bits per heavy atom. The van der Waals surface area contributed by atoms with Crippen molar-refractivity contribution in [3.05, 3.63) is 0 Å². The minimum absolute atomic E-state index is 0.0152. The average Bonchev–Trinajstić information content (AvgIpc) is 2.89. The molecule has 10 heteroatoms. The van der Waals surface area contributed by atoms with Crippen molar-refractivity contribution >= 4 is 29.8 Å². The fraction of sp³-hybridized carbons (Fsp3) is 0.722. The molecular formula is C18H28N2O8. The van der Waals surface area contributed by atoms with E-state index in [4.69, 9.17) is 14.3 Å². The van der Waals surface area contributed by atoms with Gasteiger partial charge in [0.05, 0.1) is 13.0 Å². The Hall–Kier alpha value is -2.65. The van der Waals surface area contributed by atoms with Crippen LogP contribution in [0.4, 0.5) is 4.79 Å². The molecule has 10 nitrogen and oxygen atoms in total. The van der Waals surface area contributed by atoms with Gasteiger partial charge in [-0.1, -0.05) is 13.3 Å². The van der Waals surface area contributed by atoms with Crippen LogP contribution in [0, 0.1) is 0 Å². The van der Waals surface area contributed by atoms with Crippen molar-refractivity contribution in [3.8, 4) is 0 Å². The number of carbonyl (C=O) groups is 5. The van der Waals surface area contributed by atoms with E-state index in [9.17, 15) is 24.0 Å². The quantitative estimate of drug-likeness (QED) is 0.351. The largest absolute Gasteiger partial charge is 0.464 e. The molecule has 28 heavy (non-hydrogen) atoms. The summed E-state index contributed by atoms with van der Waals surface area (Å²) in [7, 11) is 0. The number of hydroxylamine groups is 2. The number of ether oxygens (including phenoxy) is 2. The van der Waals surface area contributed by atoms with Crippen LogP contribution in [0.3, 0.4) is 0 Å². The fourth-order valence-electron chi connectivity index (χ4n) is 2.18. The van der Waals surface area contributed by atoms with Crippen LogP contribution in [-0.2, 0) is 33.5 Å². The predicted molar refractivity (Wildman–Crippen MR) is 95.4 cm³/mol. The van der Waals surface area contributed by atoms with Gasteiger partial charge in [0.15, 0.2) is 0 Å². The summed E-state index contributed by atoms with van der Waals surface area (Å²) in [4.78, 5) is 63.8. The Kier molecular flexibility index (Phi) is 8.87. The van der Waals surface area contributed by atoms with E-state index in [1.54, 1.807) is 20.8 Å². The van der Waals surface area contributed by atoms with Gasteiger partial charge in [0.2, 0.25) is 0 Å². The monoisotopic (exact) mass is 400 g/mol.